The number of rotatable bonds is 4. The van der Waals surface area contributed by atoms with Gasteiger partial charge in [0.2, 0.25) is 0 Å². The molecule has 0 fully saturated rings. The fourth-order valence-corrected chi connectivity index (χ4v) is 1.39. The van der Waals surface area contributed by atoms with Gasteiger partial charge in [-0.1, -0.05) is 0 Å². The Labute approximate surface area is 100 Å². The highest BCUT2D eigenvalue weighted by Gasteiger charge is 2.03. The zero-order valence-corrected chi connectivity index (χ0v) is 10.2. The van der Waals surface area contributed by atoms with Crippen LogP contribution in [0.4, 0.5) is 17.5 Å². The molecule has 6 heteroatoms. The minimum atomic E-state index is 0.351. The van der Waals surface area contributed by atoms with E-state index in [2.05, 4.69) is 39.5 Å². The molecule has 17 heavy (non-hydrogen) atoms. The highest BCUT2D eigenvalue weighted by Crippen LogP contribution is 2.15. The molecule has 6 nitrogen and oxygen atoms in total. The monoisotopic (exact) mass is 232 g/mol. The van der Waals surface area contributed by atoms with Crippen molar-refractivity contribution in [2.45, 2.75) is 19.9 Å². The van der Waals surface area contributed by atoms with Gasteiger partial charge in [0.25, 0.3) is 0 Å². The van der Waals surface area contributed by atoms with Crippen molar-refractivity contribution in [2.24, 2.45) is 0 Å². The first-order valence-electron chi connectivity index (χ1n) is 5.51. The zero-order chi connectivity index (χ0) is 12.3. The molecule has 0 aliphatic rings. The first kappa shape index (κ1) is 11.4. The molecule has 2 aromatic heterocycles. The SMILES string of the molecule is CNc1cc(Nc2ccn(C(C)C)n2)ncn1. The Hall–Kier alpha value is -2.11. The second-order valence-corrected chi connectivity index (χ2v) is 3.94. The van der Waals surface area contributed by atoms with E-state index in [-0.39, 0.29) is 0 Å². The predicted octanol–water partition coefficient (Wildman–Crippen LogP) is 2.04. The Morgan fingerprint density at radius 3 is 2.59 bits per heavy atom. The van der Waals surface area contributed by atoms with Gasteiger partial charge in [0.05, 0.1) is 0 Å². The number of nitrogens with zero attached hydrogens (tertiary/aromatic N) is 4. The van der Waals surface area contributed by atoms with Crippen LogP contribution in [0.25, 0.3) is 0 Å². The third-order valence-electron chi connectivity index (χ3n) is 2.32. The van der Waals surface area contributed by atoms with Crippen LogP contribution in [-0.4, -0.2) is 26.8 Å². The van der Waals surface area contributed by atoms with Crippen LogP contribution in [0.3, 0.4) is 0 Å². The number of hydrogen-bond acceptors (Lipinski definition) is 5. The van der Waals surface area contributed by atoms with Crippen molar-refractivity contribution >= 4 is 17.5 Å². The normalized spacial score (nSPS) is 10.6. The average Bonchev–Trinajstić information content (AvgIpc) is 2.78. The summed E-state index contributed by atoms with van der Waals surface area (Å²) in [5, 5.41) is 10.5. The van der Waals surface area contributed by atoms with Gasteiger partial charge in [-0.15, -0.1) is 0 Å². The van der Waals surface area contributed by atoms with Crippen molar-refractivity contribution in [3.05, 3.63) is 24.7 Å². The molecule has 0 bridgehead atoms. The van der Waals surface area contributed by atoms with Gasteiger partial charge in [0.1, 0.15) is 18.0 Å². The Morgan fingerprint density at radius 2 is 1.94 bits per heavy atom. The lowest BCUT2D eigenvalue weighted by Gasteiger charge is -2.05. The van der Waals surface area contributed by atoms with Gasteiger partial charge in [0.15, 0.2) is 5.82 Å². The quantitative estimate of drug-likeness (QED) is 0.844. The number of hydrogen-bond donors (Lipinski definition) is 2. The van der Waals surface area contributed by atoms with Crippen molar-refractivity contribution in [3.8, 4) is 0 Å². The molecule has 2 rings (SSSR count). The molecule has 2 N–H and O–H groups in total. The van der Waals surface area contributed by atoms with Gasteiger partial charge < -0.3 is 10.6 Å². The van der Waals surface area contributed by atoms with Gasteiger partial charge in [-0.3, -0.25) is 4.68 Å². The Bertz CT molecular complexity index is 490. The summed E-state index contributed by atoms with van der Waals surface area (Å²) >= 11 is 0. The van der Waals surface area contributed by atoms with Crippen molar-refractivity contribution in [2.75, 3.05) is 17.7 Å². The fraction of sp³-hybridized carbons (Fsp3) is 0.364. The predicted molar refractivity (Wildman–Crippen MR) is 67.5 cm³/mol. The number of nitrogens with one attached hydrogen (secondary N) is 2. The smallest absolute Gasteiger partial charge is 0.153 e. The van der Waals surface area contributed by atoms with Crippen molar-refractivity contribution in [1.82, 2.24) is 19.7 Å². The number of aromatic nitrogens is 4. The third kappa shape index (κ3) is 2.72. The van der Waals surface area contributed by atoms with Crippen molar-refractivity contribution < 1.29 is 0 Å². The lowest BCUT2D eigenvalue weighted by Crippen LogP contribution is -2.02. The van der Waals surface area contributed by atoms with Crippen LogP contribution in [0.5, 0.6) is 0 Å². The van der Waals surface area contributed by atoms with Crippen LogP contribution in [0.15, 0.2) is 24.7 Å². The molecule has 0 saturated heterocycles. The molecule has 2 heterocycles. The molecule has 0 aliphatic heterocycles. The highest BCUT2D eigenvalue weighted by atomic mass is 15.3. The van der Waals surface area contributed by atoms with Crippen molar-refractivity contribution in [1.29, 1.82) is 0 Å². The summed E-state index contributed by atoms with van der Waals surface area (Å²) in [6, 6.07) is 4.10. The van der Waals surface area contributed by atoms with Crippen LogP contribution in [0, 0.1) is 0 Å². The first-order valence-corrected chi connectivity index (χ1v) is 5.51. The van der Waals surface area contributed by atoms with E-state index in [9.17, 15) is 0 Å². The molecular weight excluding hydrogens is 216 g/mol. The van der Waals surface area contributed by atoms with Gasteiger partial charge in [-0.2, -0.15) is 5.10 Å². The van der Waals surface area contributed by atoms with Crippen LogP contribution in [0.1, 0.15) is 19.9 Å². The summed E-state index contributed by atoms with van der Waals surface area (Å²) in [5.74, 6) is 2.27. The number of anilines is 3. The average molecular weight is 232 g/mol. The molecule has 0 unspecified atom stereocenters. The third-order valence-corrected chi connectivity index (χ3v) is 2.32. The zero-order valence-electron chi connectivity index (χ0n) is 10.2. The van der Waals surface area contributed by atoms with Gasteiger partial charge in [-0.05, 0) is 13.8 Å². The maximum Gasteiger partial charge on any atom is 0.153 e. The molecular formula is C11H16N6. The molecule has 0 spiro atoms. The van der Waals surface area contributed by atoms with Crippen LogP contribution >= 0.6 is 0 Å². The summed E-state index contributed by atoms with van der Waals surface area (Å²) in [4.78, 5) is 8.17. The highest BCUT2D eigenvalue weighted by molar-refractivity contribution is 5.54. The minimum Gasteiger partial charge on any atom is -0.373 e. The molecule has 0 saturated carbocycles. The van der Waals surface area contributed by atoms with E-state index in [4.69, 9.17) is 0 Å². The molecule has 0 aliphatic carbocycles. The molecule has 0 amide bonds. The van der Waals surface area contributed by atoms with E-state index in [0.717, 1.165) is 17.5 Å². The molecule has 2 aromatic rings. The van der Waals surface area contributed by atoms with Gasteiger partial charge in [0, 0.05) is 31.4 Å². The summed E-state index contributed by atoms with van der Waals surface area (Å²) in [6.45, 7) is 4.17. The molecule has 90 valence electrons. The van der Waals surface area contributed by atoms with Crippen LogP contribution in [-0.2, 0) is 0 Å². The van der Waals surface area contributed by atoms with E-state index < -0.39 is 0 Å². The minimum absolute atomic E-state index is 0.351. The Balaban J connectivity index is 2.13. The van der Waals surface area contributed by atoms with E-state index >= 15 is 0 Å². The molecule has 0 atom stereocenters. The first-order chi connectivity index (χ1) is 8.19. The lowest BCUT2D eigenvalue weighted by atomic mass is 10.4. The summed E-state index contributed by atoms with van der Waals surface area (Å²) in [6.07, 6.45) is 3.45. The fourth-order valence-electron chi connectivity index (χ4n) is 1.39. The summed E-state index contributed by atoms with van der Waals surface area (Å²) in [5.41, 5.74) is 0. The van der Waals surface area contributed by atoms with E-state index in [0.29, 0.717) is 6.04 Å². The van der Waals surface area contributed by atoms with Crippen LogP contribution < -0.4 is 10.6 Å². The summed E-state index contributed by atoms with van der Waals surface area (Å²) < 4.78 is 1.89. The molecule has 0 aromatic carbocycles. The topological polar surface area (TPSA) is 67.7 Å². The Kier molecular flexibility index (Phi) is 3.22. The van der Waals surface area contributed by atoms with Gasteiger partial charge in [-0.25, -0.2) is 9.97 Å². The van der Waals surface area contributed by atoms with E-state index in [1.54, 1.807) is 0 Å². The summed E-state index contributed by atoms with van der Waals surface area (Å²) in [7, 11) is 1.82. The van der Waals surface area contributed by atoms with E-state index in [1.807, 2.05) is 30.1 Å². The van der Waals surface area contributed by atoms with Crippen molar-refractivity contribution in [3.63, 3.8) is 0 Å². The maximum atomic E-state index is 4.39. The second-order valence-electron chi connectivity index (χ2n) is 3.94. The maximum absolute atomic E-state index is 4.39. The van der Waals surface area contributed by atoms with Crippen LogP contribution in [0.2, 0.25) is 0 Å². The standard InChI is InChI=1S/C11H16N6/c1-8(2)17-5-4-9(16-17)15-11-6-10(12-3)13-7-14-11/h4-8H,1-3H3,(H2,12,13,14,15,16). The second kappa shape index (κ2) is 4.82. The molecule has 0 radical (unpaired) electrons. The van der Waals surface area contributed by atoms with E-state index in [1.165, 1.54) is 6.33 Å². The lowest BCUT2D eigenvalue weighted by molar-refractivity contribution is 0.534. The van der Waals surface area contributed by atoms with Gasteiger partial charge >= 0.3 is 0 Å². The largest absolute Gasteiger partial charge is 0.373 e. The Morgan fingerprint density at radius 1 is 1.18 bits per heavy atom.